The SMILES string of the molecule is CCOC(=O)c1cnc(C2CCNCC2)o1. The first-order chi connectivity index (χ1) is 7.81. The summed E-state index contributed by atoms with van der Waals surface area (Å²) in [6.07, 6.45) is 3.46. The summed E-state index contributed by atoms with van der Waals surface area (Å²) in [6.45, 7) is 4.06. The van der Waals surface area contributed by atoms with Gasteiger partial charge in [-0.25, -0.2) is 9.78 Å². The fourth-order valence-electron chi connectivity index (χ4n) is 1.84. The lowest BCUT2D eigenvalue weighted by Crippen LogP contribution is -2.26. The fourth-order valence-corrected chi connectivity index (χ4v) is 1.84. The van der Waals surface area contributed by atoms with Crippen LogP contribution < -0.4 is 5.32 Å². The maximum Gasteiger partial charge on any atom is 0.375 e. The quantitative estimate of drug-likeness (QED) is 0.784. The molecule has 1 fully saturated rings. The number of ether oxygens (including phenoxy) is 1. The van der Waals surface area contributed by atoms with E-state index >= 15 is 0 Å². The molecule has 88 valence electrons. The summed E-state index contributed by atoms with van der Waals surface area (Å²) in [5.41, 5.74) is 0. The molecule has 5 nitrogen and oxygen atoms in total. The van der Waals surface area contributed by atoms with Gasteiger partial charge in [0.25, 0.3) is 0 Å². The summed E-state index contributed by atoms with van der Waals surface area (Å²) in [6, 6.07) is 0. The minimum Gasteiger partial charge on any atom is -0.460 e. The summed E-state index contributed by atoms with van der Waals surface area (Å²) in [5.74, 6) is 0.750. The van der Waals surface area contributed by atoms with Crippen molar-refractivity contribution >= 4 is 5.97 Å². The molecule has 1 aromatic heterocycles. The number of aromatic nitrogens is 1. The Hall–Kier alpha value is -1.36. The van der Waals surface area contributed by atoms with Crippen molar-refractivity contribution in [2.45, 2.75) is 25.7 Å². The minimum atomic E-state index is -0.435. The number of nitrogens with zero attached hydrogens (tertiary/aromatic N) is 1. The molecule has 0 unspecified atom stereocenters. The molecule has 1 N–H and O–H groups in total. The Labute approximate surface area is 94.2 Å². The van der Waals surface area contributed by atoms with Crippen molar-refractivity contribution in [3.8, 4) is 0 Å². The van der Waals surface area contributed by atoms with Crippen LogP contribution in [0, 0.1) is 0 Å². The van der Waals surface area contributed by atoms with Crippen LogP contribution in [0.5, 0.6) is 0 Å². The van der Waals surface area contributed by atoms with E-state index in [0.29, 0.717) is 18.4 Å². The van der Waals surface area contributed by atoms with Gasteiger partial charge in [-0.05, 0) is 32.9 Å². The minimum absolute atomic E-state index is 0.204. The molecule has 0 aliphatic carbocycles. The normalized spacial score (nSPS) is 17.3. The lowest BCUT2D eigenvalue weighted by atomic mass is 9.98. The van der Waals surface area contributed by atoms with Gasteiger partial charge in [0.1, 0.15) is 0 Å². The number of piperidine rings is 1. The Morgan fingerprint density at radius 2 is 2.38 bits per heavy atom. The molecular weight excluding hydrogens is 208 g/mol. The second-order valence-electron chi connectivity index (χ2n) is 3.81. The second kappa shape index (κ2) is 5.12. The standard InChI is InChI=1S/C11H16N2O3/c1-2-15-11(14)9-7-13-10(16-9)8-3-5-12-6-4-8/h7-8,12H,2-6H2,1H3. The zero-order valence-corrected chi connectivity index (χ0v) is 9.36. The molecule has 1 aromatic rings. The average Bonchev–Trinajstić information content (AvgIpc) is 2.80. The van der Waals surface area contributed by atoms with Crippen molar-refractivity contribution in [3.63, 3.8) is 0 Å². The molecule has 2 rings (SSSR count). The van der Waals surface area contributed by atoms with E-state index in [1.165, 1.54) is 6.20 Å². The van der Waals surface area contributed by atoms with E-state index in [4.69, 9.17) is 9.15 Å². The third kappa shape index (κ3) is 2.41. The first-order valence-electron chi connectivity index (χ1n) is 5.65. The van der Waals surface area contributed by atoms with Crippen LogP contribution in [0.3, 0.4) is 0 Å². The van der Waals surface area contributed by atoms with Gasteiger partial charge in [-0.3, -0.25) is 0 Å². The number of oxazole rings is 1. The monoisotopic (exact) mass is 224 g/mol. The summed E-state index contributed by atoms with van der Waals surface area (Å²) in [5, 5.41) is 3.27. The molecule has 0 radical (unpaired) electrons. The fraction of sp³-hybridized carbons (Fsp3) is 0.636. The highest BCUT2D eigenvalue weighted by Gasteiger charge is 2.22. The van der Waals surface area contributed by atoms with Gasteiger partial charge in [-0.2, -0.15) is 0 Å². The second-order valence-corrected chi connectivity index (χ2v) is 3.81. The van der Waals surface area contributed by atoms with E-state index in [-0.39, 0.29) is 5.76 Å². The van der Waals surface area contributed by atoms with Gasteiger partial charge in [0.05, 0.1) is 12.8 Å². The van der Waals surface area contributed by atoms with Crippen molar-refractivity contribution in [1.29, 1.82) is 0 Å². The van der Waals surface area contributed by atoms with E-state index in [2.05, 4.69) is 10.3 Å². The van der Waals surface area contributed by atoms with E-state index in [1.54, 1.807) is 6.92 Å². The molecule has 1 aliphatic rings. The highest BCUT2D eigenvalue weighted by molar-refractivity contribution is 5.85. The van der Waals surface area contributed by atoms with Crippen LogP contribution in [-0.2, 0) is 4.74 Å². The van der Waals surface area contributed by atoms with Crippen LogP contribution in [0.1, 0.15) is 42.1 Å². The molecule has 2 heterocycles. The number of hydrogen-bond donors (Lipinski definition) is 1. The van der Waals surface area contributed by atoms with E-state index in [0.717, 1.165) is 25.9 Å². The largest absolute Gasteiger partial charge is 0.460 e. The van der Waals surface area contributed by atoms with Crippen LogP contribution in [0.4, 0.5) is 0 Å². The smallest absolute Gasteiger partial charge is 0.375 e. The summed E-state index contributed by atoms with van der Waals surface area (Å²) < 4.78 is 10.3. The van der Waals surface area contributed by atoms with Crippen LogP contribution in [0.2, 0.25) is 0 Å². The Balaban J connectivity index is 2.03. The van der Waals surface area contributed by atoms with E-state index in [9.17, 15) is 4.79 Å². The molecule has 0 saturated carbocycles. The lowest BCUT2D eigenvalue weighted by molar-refractivity contribution is 0.0487. The van der Waals surface area contributed by atoms with Crippen LogP contribution in [0.25, 0.3) is 0 Å². The van der Waals surface area contributed by atoms with Crippen molar-refractivity contribution in [3.05, 3.63) is 17.8 Å². The number of carbonyl (C=O) groups is 1. The van der Waals surface area contributed by atoms with E-state index in [1.807, 2.05) is 0 Å². The van der Waals surface area contributed by atoms with Gasteiger partial charge in [-0.1, -0.05) is 0 Å². The van der Waals surface area contributed by atoms with Gasteiger partial charge in [0.15, 0.2) is 5.89 Å². The van der Waals surface area contributed by atoms with Crippen molar-refractivity contribution in [1.82, 2.24) is 10.3 Å². The number of nitrogens with one attached hydrogen (secondary N) is 1. The van der Waals surface area contributed by atoms with E-state index < -0.39 is 5.97 Å². The van der Waals surface area contributed by atoms with Gasteiger partial charge in [0.2, 0.25) is 5.76 Å². The molecule has 0 atom stereocenters. The number of esters is 1. The molecule has 1 saturated heterocycles. The predicted molar refractivity (Wildman–Crippen MR) is 57.3 cm³/mol. The first-order valence-corrected chi connectivity index (χ1v) is 5.65. The molecule has 1 aliphatic heterocycles. The Morgan fingerprint density at radius 3 is 3.06 bits per heavy atom. The molecule has 0 amide bonds. The topological polar surface area (TPSA) is 64.4 Å². The third-order valence-electron chi connectivity index (χ3n) is 2.69. The van der Waals surface area contributed by atoms with Gasteiger partial charge in [-0.15, -0.1) is 0 Å². The van der Waals surface area contributed by atoms with Crippen molar-refractivity contribution in [2.75, 3.05) is 19.7 Å². The molecule has 0 spiro atoms. The number of rotatable bonds is 3. The Morgan fingerprint density at radius 1 is 1.62 bits per heavy atom. The Kier molecular flexibility index (Phi) is 3.56. The van der Waals surface area contributed by atoms with Crippen molar-refractivity contribution < 1.29 is 13.9 Å². The maximum atomic E-state index is 11.4. The molecule has 0 aromatic carbocycles. The Bertz CT molecular complexity index is 356. The van der Waals surface area contributed by atoms with Crippen LogP contribution in [-0.4, -0.2) is 30.6 Å². The molecule has 16 heavy (non-hydrogen) atoms. The van der Waals surface area contributed by atoms with Crippen LogP contribution in [0.15, 0.2) is 10.6 Å². The van der Waals surface area contributed by atoms with Crippen LogP contribution >= 0.6 is 0 Å². The molecule has 5 heteroatoms. The first kappa shape index (κ1) is 11.1. The summed E-state index contributed by atoms with van der Waals surface area (Å²) in [7, 11) is 0. The zero-order valence-electron chi connectivity index (χ0n) is 9.36. The average molecular weight is 224 g/mol. The van der Waals surface area contributed by atoms with Gasteiger partial charge >= 0.3 is 5.97 Å². The summed E-state index contributed by atoms with van der Waals surface area (Å²) >= 11 is 0. The molecule has 0 bridgehead atoms. The van der Waals surface area contributed by atoms with Crippen molar-refractivity contribution in [2.24, 2.45) is 0 Å². The highest BCUT2D eigenvalue weighted by Crippen LogP contribution is 2.24. The molecular formula is C11H16N2O3. The van der Waals surface area contributed by atoms with Gasteiger partial charge in [0, 0.05) is 5.92 Å². The maximum absolute atomic E-state index is 11.4. The zero-order chi connectivity index (χ0) is 11.4. The lowest BCUT2D eigenvalue weighted by Gasteiger charge is -2.19. The van der Waals surface area contributed by atoms with Gasteiger partial charge < -0.3 is 14.5 Å². The number of hydrogen-bond acceptors (Lipinski definition) is 5. The third-order valence-corrected chi connectivity index (χ3v) is 2.69. The highest BCUT2D eigenvalue weighted by atomic mass is 16.5. The predicted octanol–water partition coefficient (Wildman–Crippen LogP) is 1.32. The number of carbonyl (C=O) groups excluding carboxylic acids is 1. The summed E-state index contributed by atoms with van der Waals surface area (Å²) in [4.78, 5) is 15.5.